The SMILES string of the molecule is O=C1NC(=O)C(c2cnc3ccccn23)=C1c1cn2c3c(cc(C(F)(F)F)cc13)CN(C(=O)N1CCC(CO)CC1)CC2. The number of likely N-dealkylation sites (tertiary alicyclic amines) is 1. The third-order valence-corrected chi connectivity index (χ3v) is 8.64. The van der Waals surface area contributed by atoms with E-state index >= 15 is 0 Å². The number of imidazole rings is 1. The Balaban J connectivity index is 1.36. The van der Waals surface area contributed by atoms with Crippen LogP contribution in [0.5, 0.6) is 0 Å². The zero-order valence-corrected chi connectivity index (χ0v) is 22.9. The number of hydrogen-bond donors (Lipinski definition) is 2. The molecule has 3 aromatic heterocycles. The second-order valence-electron chi connectivity index (χ2n) is 11.2. The molecule has 0 radical (unpaired) electrons. The van der Waals surface area contributed by atoms with E-state index in [0.717, 1.165) is 12.1 Å². The lowest BCUT2D eigenvalue weighted by Gasteiger charge is -2.35. The number of benzene rings is 1. The van der Waals surface area contributed by atoms with Crippen molar-refractivity contribution in [3.05, 3.63) is 71.3 Å². The molecule has 0 bridgehead atoms. The van der Waals surface area contributed by atoms with Gasteiger partial charge in [-0.25, -0.2) is 9.78 Å². The normalized spacial score (nSPS) is 18.2. The first-order valence-corrected chi connectivity index (χ1v) is 14.0. The monoisotopic (exact) mass is 592 g/mol. The minimum atomic E-state index is -4.69. The number of amides is 4. The van der Waals surface area contributed by atoms with Crippen LogP contribution in [0, 0.1) is 5.92 Å². The standard InChI is InChI=1S/C30H27F3N6O4/c31-30(32,33)19-11-18-14-38(29(43)36-7-4-17(16-40)5-8-36)10-9-37-15-21(20(12-19)26(18)37)24-25(28(42)35-27(24)41)22-13-34-23-3-1-2-6-39(22)23/h1-3,6,11-13,15,17,40H,4-5,7-10,14,16H2,(H,35,41,42). The number of piperidine rings is 1. The lowest BCUT2D eigenvalue weighted by molar-refractivity contribution is -0.137. The summed E-state index contributed by atoms with van der Waals surface area (Å²) in [5.74, 6) is -1.23. The number of carbonyl (C=O) groups excluding carboxylic acids is 3. The number of urea groups is 1. The van der Waals surface area contributed by atoms with Crippen LogP contribution in [0.1, 0.15) is 35.2 Å². The minimum absolute atomic E-state index is 0.0232. The molecule has 10 nitrogen and oxygen atoms in total. The van der Waals surface area contributed by atoms with Crippen LogP contribution in [0.15, 0.2) is 48.9 Å². The summed E-state index contributed by atoms with van der Waals surface area (Å²) >= 11 is 0. The highest BCUT2D eigenvalue weighted by Gasteiger charge is 2.38. The summed E-state index contributed by atoms with van der Waals surface area (Å²) in [5, 5.41) is 11.9. The molecule has 6 heterocycles. The molecule has 4 amide bonds. The Hall–Kier alpha value is -4.65. The minimum Gasteiger partial charge on any atom is -0.396 e. The average Bonchev–Trinajstić information content (AvgIpc) is 3.62. The number of rotatable bonds is 3. The first-order valence-electron chi connectivity index (χ1n) is 14.0. The number of hydrogen-bond acceptors (Lipinski definition) is 5. The molecule has 0 aliphatic carbocycles. The van der Waals surface area contributed by atoms with Crippen LogP contribution in [-0.2, 0) is 28.9 Å². The molecular weight excluding hydrogens is 565 g/mol. The summed E-state index contributed by atoms with van der Waals surface area (Å²) < 4.78 is 46.1. The van der Waals surface area contributed by atoms with Crippen molar-refractivity contribution in [3.8, 4) is 0 Å². The maximum absolute atomic E-state index is 14.2. The fourth-order valence-electron chi connectivity index (χ4n) is 6.45. The maximum Gasteiger partial charge on any atom is 0.416 e. The van der Waals surface area contributed by atoms with Crippen molar-refractivity contribution in [3.63, 3.8) is 0 Å². The second kappa shape index (κ2) is 9.97. The van der Waals surface area contributed by atoms with Gasteiger partial charge in [0.2, 0.25) is 0 Å². The van der Waals surface area contributed by atoms with Gasteiger partial charge in [-0.05, 0) is 48.6 Å². The van der Waals surface area contributed by atoms with E-state index in [1.165, 1.54) is 6.20 Å². The van der Waals surface area contributed by atoms with Crippen molar-refractivity contribution in [1.29, 1.82) is 0 Å². The average molecular weight is 593 g/mol. The molecular formula is C30H27F3N6O4. The molecule has 0 saturated carbocycles. The predicted octanol–water partition coefficient (Wildman–Crippen LogP) is 3.51. The molecule has 3 aliphatic rings. The van der Waals surface area contributed by atoms with Crippen LogP contribution in [0.3, 0.4) is 0 Å². The van der Waals surface area contributed by atoms with E-state index in [0.29, 0.717) is 48.4 Å². The van der Waals surface area contributed by atoms with Gasteiger partial charge in [-0.2, -0.15) is 13.2 Å². The van der Waals surface area contributed by atoms with E-state index < -0.39 is 23.6 Å². The number of aromatic nitrogens is 3. The highest BCUT2D eigenvalue weighted by Crippen LogP contribution is 2.41. The van der Waals surface area contributed by atoms with E-state index in [4.69, 9.17) is 0 Å². The number of carbonyl (C=O) groups is 3. The molecule has 3 aliphatic heterocycles. The first-order chi connectivity index (χ1) is 20.6. The lowest BCUT2D eigenvalue weighted by atomic mass is 9.96. The molecule has 13 heteroatoms. The Labute approximate surface area is 243 Å². The molecule has 0 unspecified atom stereocenters. The van der Waals surface area contributed by atoms with Crippen molar-refractivity contribution < 1.29 is 32.7 Å². The quantitative estimate of drug-likeness (QED) is 0.354. The molecule has 7 rings (SSSR count). The molecule has 1 aromatic carbocycles. The van der Waals surface area contributed by atoms with Gasteiger partial charge in [0.25, 0.3) is 11.8 Å². The summed E-state index contributed by atoms with van der Waals surface area (Å²) in [6.07, 6.45) is 1.40. The Morgan fingerprint density at radius 1 is 1.02 bits per heavy atom. The maximum atomic E-state index is 14.2. The number of aliphatic hydroxyl groups is 1. The van der Waals surface area contributed by atoms with Crippen LogP contribution in [0.25, 0.3) is 27.7 Å². The third-order valence-electron chi connectivity index (χ3n) is 8.64. The third kappa shape index (κ3) is 4.46. The molecule has 2 N–H and O–H groups in total. The Morgan fingerprint density at radius 2 is 1.79 bits per heavy atom. The van der Waals surface area contributed by atoms with E-state index in [9.17, 15) is 32.7 Å². The van der Waals surface area contributed by atoms with E-state index in [2.05, 4.69) is 10.3 Å². The van der Waals surface area contributed by atoms with E-state index in [1.807, 2.05) is 0 Å². The van der Waals surface area contributed by atoms with Crippen LogP contribution in [-0.4, -0.2) is 72.9 Å². The van der Waals surface area contributed by atoms with Crippen LogP contribution < -0.4 is 5.32 Å². The van der Waals surface area contributed by atoms with Gasteiger partial charge in [-0.3, -0.25) is 19.3 Å². The zero-order chi connectivity index (χ0) is 30.0. The van der Waals surface area contributed by atoms with Gasteiger partial charge in [-0.15, -0.1) is 0 Å². The van der Waals surface area contributed by atoms with Gasteiger partial charge in [0.15, 0.2) is 0 Å². The Bertz CT molecular complexity index is 1850. The van der Waals surface area contributed by atoms with Crippen molar-refractivity contribution in [2.75, 3.05) is 26.2 Å². The number of nitrogens with zero attached hydrogens (tertiary/aromatic N) is 5. The van der Waals surface area contributed by atoms with E-state index in [-0.39, 0.29) is 60.3 Å². The Morgan fingerprint density at radius 3 is 2.53 bits per heavy atom. The van der Waals surface area contributed by atoms with Gasteiger partial charge in [0.1, 0.15) is 5.65 Å². The first kappa shape index (κ1) is 27.2. The molecule has 1 saturated heterocycles. The number of alkyl halides is 3. The summed E-state index contributed by atoms with van der Waals surface area (Å²) in [5.41, 5.74) is 0.970. The number of nitrogens with one attached hydrogen (secondary N) is 1. The summed E-state index contributed by atoms with van der Waals surface area (Å²) in [4.78, 5) is 47.4. The number of fused-ring (bicyclic) bond motifs is 1. The Kier molecular flexibility index (Phi) is 6.31. The van der Waals surface area contributed by atoms with Gasteiger partial charge < -0.3 is 19.5 Å². The van der Waals surface area contributed by atoms with Gasteiger partial charge >= 0.3 is 12.2 Å². The summed E-state index contributed by atoms with van der Waals surface area (Å²) in [7, 11) is 0. The summed E-state index contributed by atoms with van der Waals surface area (Å²) in [6, 6.07) is 7.07. The van der Waals surface area contributed by atoms with Crippen molar-refractivity contribution in [2.45, 2.75) is 32.1 Å². The number of halogens is 3. The summed E-state index contributed by atoms with van der Waals surface area (Å²) in [6.45, 7) is 1.47. The fourth-order valence-corrected chi connectivity index (χ4v) is 6.45. The van der Waals surface area contributed by atoms with Crippen LogP contribution >= 0.6 is 0 Å². The van der Waals surface area contributed by atoms with Crippen LogP contribution in [0.2, 0.25) is 0 Å². The van der Waals surface area contributed by atoms with Crippen molar-refractivity contribution in [2.24, 2.45) is 5.92 Å². The van der Waals surface area contributed by atoms with Crippen molar-refractivity contribution >= 4 is 45.5 Å². The number of pyridine rings is 1. The van der Waals surface area contributed by atoms with Gasteiger partial charge in [-0.1, -0.05) is 6.07 Å². The topological polar surface area (TPSA) is 112 Å². The number of imide groups is 1. The van der Waals surface area contributed by atoms with Crippen LogP contribution in [0.4, 0.5) is 18.0 Å². The van der Waals surface area contributed by atoms with Gasteiger partial charge in [0, 0.05) is 62.7 Å². The molecule has 0 spiro atoms. The smallest absolute Gasteiger partial charge is 0.396 e. The van der Waals surface area contributed by atoms with Gasteiger partial charge in [0.05, 0.1) is 34.1 Å². The predicted molar refractivity (Wildman–Crippen MR) is 149 cm³/mol. The fraction of sp³-hybridized carbons (Fsp3) is 0.333. The van der Waals surface area contributed by atoms with Crippen molar-refractivity contribution in [1.82, 2.24) is 29.1 Å². The largest absolute Gasteiger partial charge is 0.416 e. The highest BCUT2D eigenvalue weighted by atomic mass is 19.4. The molecule has 4 aromatic rings. The highest BCUT2D eigenvalue weighted by molar-refractivity contribution is 6.49. The zero-order valence-electron chi connectivity index (χ0n) is 22.9. The molecule has 0 atom stereocenters. The second-order valence-corrected chi connectivity index (χ2v) is 11.2. The van der Waals surface area contributed by atoms with E-state index in [1.54, 1.807) is 49.4 Å². The lowest BCUT2D eigenvalue weighted by Crippen LogP contribution is -2.47. The number of aliphatic hydroxyl groups excluding tert-OH is 1. The molecule has 222 valence electrons. The molecule has 1 fully saturated rings. The molecule has 43 heavy (non-hydrogen) atoms.